The van der Waals surface area contributed by atoms with Crippen molar-refractivity contribution >= 4 is 47.3 Å². The number of benzene rings is 3. The lowest BCUT2D eigenvalue weighted by molar-refractivity contribution is 0.0193. The molecular weight excluding hydrogens is 829 g/mol. The quantitative estimate of drug-likeness (QED) is 0.0988. The highest BCUT2D eigenvalue weighted by Gasteiger charge is 2.41. The van der Waals surface area contributed by atoms with Crippen LogP contribution in [0.1, 0.15) is 87.9 Å². The topological polar surface area (TPSA) is 180 Å². The first-order valence-corrected chi connectivity index (χ1v) is 22.3. The maximum absolute atomic E-state index is 13.9. The number of carbonyl (C=O) groups excluding carboxylic acids is 4. The molecule has 0 N–H and O–H groups in total. The van der Waals surface area contributed by atoms with Crippen LogP contribution in [0.25, 0.3) is 0 Å². The van der Waals surface area contributed by atoms with Crippen molar-refractivity contribution in [1.82, 2.24) is 50.2 Å². The molecule has 4 atom stereocenters. The number of likely N-dealkylation sites (tertiary alicyclic amines) is 2. The third kappa shape index (κ3) is 11.8. The Hall–Kier alpha value is -5.62. The molecule has 326 valence electrons. The van der Waals surface area contributed by atoms with E-state index < -0.39 is 23.4 Å². The van der Waals surface area contributed by atoms with Gasteiger partial charge < -0.3 is 19.3 Å². The van der Waals surface area contributed by atoms with E-state index in [1.807, 2.05) is 102 Å². The number of nitrogens with zero attached hydrogens (tertiary/aromatic N) is 10. The molecule has 62 heavy (non-hydrogen) atoms. The normalized spacial score (nSPS) is 19.1. The zero-order chi connectivity index (χ0) is 44.0. The van der Waals surface area contributed by atoms with Crippen LogP contribution < -0.4 is 0 Å². The van der Waals surface area contributed by atoms with E-state index in [0.717, 1.165) is 9.79 Å². The second kappa shape index (κ2) is 19.2. The average Bonchev–Trinajstić information content (AvgIpc) is 4.03. The Morgan fingerprint density at radius 2 is 1.00 bits per heavy atom. The Balaban J connectivity index is 1.01. The largest absolute Gasteiger partial charge is 0.444 e. The lowest BCUT2D eigenvalue weighted by Crippen LogP contribution is -2.42. The van der Waals surface area contributed by atoms with Crippen LogP contribution >= 0.6 is 23.5 Å². The summed E-state index contributed by atoms with van der Waals surface area (Å²) in [5.74, 6) is -0.580. The molecule has 2 aliphatic heterocycles. The molecule has 18 heteroatoms. The summed E-state index contributed by atoms with van der Waals surface area (Å²) in [5.41, 5.74) is -0.572. The van der Waals surface area contributed by atoms with E-state index in [-0.39, 0.29) is 48.3 Å². The molecule has 2 aromatic heterocycles. The predicted molar refractivity (Wildman–Crippen MR) is 231 cm³/mol. The van der Waals surface area contributed by atoms with Gasteiger partial charge in [-0.05, 0) is 141 Å². The van der Waals surface area contributed by atoms with E-state index >= 15 is 0 Å². The second-order valence-electron chi connectivity index (χ2n) is 17.7. The molecule has 0 unspecified atom stereocenters. The van der Waals surface area contributed by atoms with Gasteiger partial charge in [0, 0.05) is 46.8 Å². The highest BCUT2D eigenvalue weighted by atomic mass is 32.2. The van der Waals surface area contributed by atoms with Crippen molar-refractivity contribution in [3.63, 3.8) is 0 Å². The molecule has 0 saturated carbocycles. The lowest BCUT2D eigenvalue weighted by Gasteiger charge is -2.28. The van der Waals surface area contributed by atoms with Crippen LogP contribution in [0, 0.1) is 11.8 Å². The summed E-state index contributed by atoms with van der Waals surface area (Å²) in [5, 5.41) is 25.9. The lowest BCUT2D eigenvalue weighted by atomic mass is 9.92. The number of tetrazole rings is 2. The number of hydrogen-bond donors (Lipinski definition) is 0. The van der Waals surface area contributed by atoms with Crippen molar-refractivity contribution in [3.8, 4) is 0 Å². The maximum Gasteiger partial charge on any atom is 0.410 e. The van der Waals surface area contributed by atoms with E-state index in [1.54, 1.807) is 43.4 Å². The summed E-state index contributed by atoms with van der Waals surface area (Å²) in [6.45, 7) is 12.2. The van der Waals surface area contributed by atoms with Crippen LogP contribution in [0.5, 0.6) is 0 Å². The Morgan fingerprint density at radius 1 is 0.597 bits per heavy atom. The zero-order valence-corrected chi connectivity index (χ0v) is 37.4. The zero-order valence-electron chi connectivity index (χ0n) is 35.8. The second-order valence-corrected chi connectivity index (χ2v) is 19.8. The standard InChI is InChI=1S/C44H52N10O6S2/c1-43(2,3)59-41(57)51-25-29(20-33(51)27-53-39(45-47-49-53)61-35-16-9-7-10-17-35)22-37(55)31-14-13-15-32(24-31)38(56)23-30-21-34(52(26-30)42(58)60-44(4,5)6)28-54-40(46-48-50-54)62-36-18-11-8-12-19-36/h7-19,24,29-30,33-34H,20-23,25-28H2,1-6H3/t29-,30-,33+,34+/m1/s1. The van der Waals surface area contributed by atoms with Crippen molar-refractivity contribution < 1.29 is 28.7 Å². The van der Waals surface area contributed by atoms with Crippen molar-refractivity contribution in [2.24, 2.45) is 11.8 Å². The first-order chi connectivity index (χ1) is 29.6. The third-order valence-corrected chi connectivity index (χ3v) is 12.3. The molecule has 0 bridgehead atoms. The van der Waals surface area contributed by atoms with Gasteiger partial charge in [-0.15, -0.1) is 10.2 Å². The van der Waals surface area contributed by atoms with Crippen molar-refractivity contribution in [3.05, 3.63) is 96.1 Å². The van der Waals surface area contributed by atoms with E-state index in [9.17, 15) is 19.2 Å². The summed E-state index contributed by atoms with van der Waals surface area (Å²) in [6.07, 6.45) is 0.496. The highest BCUT2D eigenvalue weighted by molar-refractivity contribution is 7.99. The molecule has 0 spiro atoms. The summed E-state index contributed by atoms with van der Waals surface area (Å²) >= 11 is 2.86. The molecule has 2 amide bonds. The Kier molecular flexibility index (Phi) is 13.8. The number of ketones is 2. The maximum atomic E-state index is 13.9. The molecule has 7 rings (SSSR count). The van der Waals surface area contributed by atoms with Gasteiger partial charge >= 0.3 is 12.2 Å². The number of ether oxygens (including phenoxy) is 2. The van der Waals surface area contributed by atoms with Gasteiger partial charge in [0.05, 0.1) is 25.2 Å². The number of hydrogen-bond acceptors (Lipinski definition) is 14. The first-order valence-electron chi connectivity index (χ1n) is 20.7. The van der Waals surface area contributed by atoms with Gasteiger partial charge in [-0.25, -0.2) is 19.0 Å². The first kappa shape index (κ1) is 44.4. The fraction of sp³-hybridized carbons (Fsp3) is 0.455. The van der Waals surface area contributed by atoms with E-state index in [2.05, 4.69) is 31.1 Å². The number of amides is 2. The molecule has 0 radical (unpaired) electrons. The van der Waals surface area contributed by atoms with E-state index in [1.165, 1.54) is 23.5 Å². The Morgan fingerprint density at radius 3 is 1.39 bits per heavy atom. The molecule has 2 saturated heterocycles. The molecule has 16 nitrogen and oxygen atoms in total. The van der Waals surface area contributed by atoms with E-state index in [0.29, 0.717) is 60.5 Å². The summed E-state index contributed by atoms with van der Waals surface area (Å²) in [4.78, 5) is 60.2. The Bertz CT molecular complexity index is 2190. The SMILES string of the molecule is CC(C)(C)OC(=O)N1C[C@@H](CC(=O)c2cccc(C(=O)C[C@H]3C[C@@H](Cn4nnnc4Sc4ccccc4)N(C(=O)OC(C)(C)C)C3)c2)C[C@H]1Cn1nnnc1Sc1ccccc1. The minimum absolute atomic E-state index is 0.125. The fourth-order valence-corrected chi connectivity index (χ4v) is 9.34. The van der Waals surface area contributed by atoms with Gasteiger partial charge in [-0.1, -0.05) is 54.6 Å². The van der Waals surface area contributed by atoms with Crippen LogP contribution in [-0.4, -0.2) is 110 Å². The summed E-state index contributed by atoms with van der Waals surface area (Å²) in [7, 11) is 0. The number of Topliss-reactive ketones (excluding diaryl/α,β-unsaturated/α-hetero) is 2. The van der Waals surface area contributed by atoms with Crippen molar-refractivity contribution in [2.75, 3.05) is 13.1 Å². The van der Waals surface area contributed by atoms with Gasteiger partial charge in [-0.3, -0.25) is 9.59 Å². The van der Waals surface area contributed by atoms with Gasteiger partial charge in [0.25, 0.3) is 0 Å². The van der Waals surface area contributed by atoms with Crippen molar-refractivity contribution in [1.29, 1.82) is 0 Å². The van der Waals surface area contributed by atoms with E-state index in [4.69, 9.17) is 9.47 Å². The molecule has 0 aliphatic carbocycles. The molecule has 4 heterocycles. The van der Waals surface area contributed by atoms with Crippen molar-refractivity contribution in [2.45, 2.75) is 124 Å². The highest BCUT2D eigenvalue weighted by Crippen LogP contribution is 2.34. The molecular formula is C44H52N10O6S2. The number of rotatable bonds is 14. The van der Waals surface area contributed by atoms with Gasteiger partial charge in [-0.2, -0.15) is 0 Å². The van der Waals surface area contributed by atoms with Crippen LogP contribution in [0.2, 0.25) is 0 Å². The Labute approximate surface area is 369 Å². The van der Waals surface area contributed by atoms with Crippen LogP contribution in [0.4, 0.5) is 9.59 Å². The van der Waals surface area contributed by atoms with Crippen LogP contribution in [0.15, 0.2) is 105 Å². The molecule has 3 aromatic carbocycles. The summed E-state index contributed by atoms with van der Waals surface area (Å²) < 4.78 is 15.0. The smallest absolute Gasteiger partial charge is 0.410 e. The minimum atomic E-state index is -0.709. The van der Waals surface area contributed by atoms with Crippen LogP contribution in [0.3, 0.4) is 0 Å². The predicted octanol–water partition coefficient (Wildman–Crippen LogP) is 7.76. The van der Waals surface area contributed by atoms with Gasteiger partial charge in [0.1, 0.15) is 11.2 Å². The fourth-order valence-electron chi connectivity index (χ4n) is 7.74. The average molecular weight is 881 g/mol. The van der Waals surface area contributed by atoms with Gasteiger partial charge in [0.15, 0.2) is 11.6 Å². The molecule has 5 aromatic rings. The molecule has 2 aliphatic rings. The number of aromatic nitrogens is 8. The van der Waals surface area contributed by atoms with Crippen LogP contribution in [-0.2, 0) is 22.6 Å². The molecule has 2 fully saturated rings. The van der Waals surface area contributed by atoms with Gasteiger partial charge in [0.2, 0.25) is 10.3 Å². The summed E-state index contributed by atoms with van der Waals surface area (Å²) in [6, 6.07) is 25.7. The third-order valence-electron chi connectivity index (χ3n) is 10.4. The number of carbonyl (C=O) groups is 4. The minimum Gasteiger partial charge on any atom is -0.444 e. The monoisotopic (exact) mass is 880 g/mol.